The number of aromatic nitrogens is 1. The lowest BCUT2D eigenvalue weighted by Gasteiger charge is -2.03. The van der Waals surface area contributed by atoms with Gasteiger partial charge in [0.1, 0.15) is 5.82 Å². The van der Waals surface area contributed by atoms with E-state index in [2.05, 4.69) is 10.3 Å². The Bertz CT molecular complexity index is 850. The van der Waals surface area contributed by atoms with Crippen molar-refractivity contribution in [2.45, 2.75) is 0 Å². The van der Waals surface area contributed by atoms with Gasteiger partial charge in [-0.1, -0.05) is 34.5 Å². The van der Waals surface area contributed by atoms with Gasteiger partial charge >= 0.3 is 0 Å². The van der Waals surface area contributed by atoms with Gasteiger partial charge in [-0.05, 0) is 36.4 Å². The van der Waals surface area contributed by atoms with Crippen LogP contribution in [0.2, 0.25) is 10.0 Å². The summed E-state index contributed by atoms with van der Waals surface area (Å²) in [7, 11) is 0. The molecule has 1 heterocycles. The van der Waals surface area contributed by atoms with Crippen LogP contribution in [0.15, 0.2) is 36.4 Å². The molecular weight excluding hydrogens is 334 g/mol. The first-order valence-corrected chi connectivity index (χ1v) is 7.43. The summed E-state index contributed by atoms with van der Waals surface area (Å²) in [4.78, 5) is 16.3. The maximum Gasteiger partial charge on any atom is 0.260 e. The van der Waals surface area contributed by atoms with E-state index in [9.17, 15) is 9.18 Å². The fourth-order valence-corrected chi connectivity index (χ4v) is 3.09. The van der Waals surface area contributed by atoms with Gasteiger partial charge in [0.2, 0.25) is 0 Å². The molecule has 106 valence electrons. The van der Waals surface area contributed by atoms with Crippen molar-refractivity contribution in [1.82, 2.24) is 4.98 Å². The van der Waals surface area contributed by atoms with Crippen molar-refractivity contribution in [2.24, 2.45) is 0 Å². The van der Waals surface area contributed by atoms with Gasteiger partial charge in [-0.2, -0.15) is 0 Å². The van der Waals surface area contributed by atoms with Crippen LogP contribution in [0.25, 0.3) is 10.2 Å². The summed E-state index contributed by atoms with van der Waals surface area (Å²) in [5.41, 5.74) is 0.632. The van der Waals surface area contributed by atoms with Crippen molar-refractivity contribution in [1.29, 1.82) is 0 Å². The fourth-order valence-electron chi connectivity index (χ4n) is 1.79. The second-order valence-electron chi connectivity index (χ2n) is 4.21. The Morgan fingerprint density at radius 3 is 2.62 bits per heavy atom. The Balaban J connectivity index is 1.89. The van der Waals surface area contributed by atoms with Gasteiger partial charge in [-0.25, -0.2) is 9.37 Å². The van der Waals surface area contributed by atoms with Crippen LogP contribution in [0, 0.1) is 5.82 Å². The molecule has 0 radical (unpaired) electrons. The molecule has 0 aliphatic heterocycles. The maximum atomic E-state index is 13.7. The highest BCUT2D eigenvalue weighted by Crippen LogP contribution is 2.28. The molecule has 0 atom stereocenters. The molecule has 0 fully saturated rings. The van der Waals surface area contributed by atoms with Crippen molar-refractivity contribution < 1.29 is 9.18 Å². The molecular formula is C14H7Cl2FN2OS. The molecule has 0 aliphatic carbocycles. The molecule has 0 saturated carbocycles. The van der Waals surface area contributed by atoms with Crippen LogP contribution < -0.4 is 5.32 Å². The number of amides is 1. The smallest absolute Gasteiger partial charge is 0.260 e. The SMILES string of the molecule is O=C(Nc1nc2ccc(Cl)cc2s1)c1ccc(Cl)cc1F. The number of anilines is 1. The lowest BCUT2D eigenvalue weighted by Crippen LogP contribution is -2.13. The van der Waals surface area contributed by atoms with E-state index in [1.807, 2.05) is 0 Å². The lowest BCUT2D eigenvalue weighted by atomic mass is 10.2. The van der Waals surface area contributed by atoms with Crippen LogP contribution in [0.3, 0.4) is 0 Å². The first kappa shape index (κ1) is 14.3. The molecule has 3 rings (SSSR count). The largest absolute Gasteiger partial charge is 0.298 e. The number of hydrogen-bond acceptors (Lipinski definition) is 3. The zero-order chi connectivity index (χ0) is 15.0. The monoisotopic (exact) mass is 340 g/mol. The highest BCUT2D eigenvalue weighted by atomic mass is 35.5. The zero-order valence-corrected chi connectivity index (χ0v) is 12.7. The van der Waals surface area contributed by atoms with Crippen LogP contribution in [0.5, 0.6) is 0 Å². The first-order chi connectivity index (χ1) is 10.0. The summed E-state index contributed by atoms with van der Waals surface area (Å²) >= 11 is 12.8. The highest BCUT2D eigenvalue weighted by Gasteiger charge is 2.14. The molecule has 3 nitrogen and oxygen atoms in total. The Labute approximate surface area is 133 Å². The van der Waals surface area contributed by atoms with Gasteiger partial charge < -0.3 is 0 Å². The van der Waals surface area contributed by atoms with Crippen molar-refractivity contribution in [3.63, 3.8) is 0 Å². The average molecular weight is 341 g/mol. The number of thiazole rings is 1. The maximum absolute atomic E-state index is 13.7. The normalized spacial score (nSPS) is 10.8. The van der Waals surface area contributed by atoms with Crippen molar-refractivity contribution in [3.05, 3.63) is 57.8 Å². The Morgan fingerprint density at radius 2 is 1.86 bits per heavy atom. The molecule has 0 aliphatic rings. The number of carbonyl (C=O) groups is 1. The highest BCUT2D eigenvalue weighted by molar-refractivity contribution is 7.22. The summed E-state index contributed by atoms with van der Waals surface area (Å²) in [5.74, 6) is -1.25. The molecule has 1 N–H and O–H groups in total. The van der Waals surface area contributed by atoms with E-state index in [0.717, 1.165) is 16.3 Å². The third-order valence-corrected chi connectivity index (χ3v) is 4.15. The molecule has 0 saturated heterocycles. The van der Waals surface area contributed by atoms with Gasteiger partial charge in [-0.15, -0.1) is 0 Å². The lowest BCUT2D eigenvalue weighted by molar-refractivity contribution is 0.102. The van der Waals surface area contributed by atoms with E-state index >= 15 is 0 Å². The number of hydrogen-bond donors (Lipinski definition) is 1. The summed E-state index contributed by atoms with van der Waals surface area (Å²) in [5, 5.41) is 3.78. The molecule has 21 heavy (non-hydrogen) atoms. The second kappa shape index (κ2) is 5.60. The predicted molar refractivity (Wildman–Crippen MR) is 84.0 cm³/mol. The summed E-state index contributed by atoms with van der Waals surface area (Å²) in [6.45, 7) is 0. The molecule has 1 amide bonds. The van der Waals surface area contributed by atoms with Gasteiger partial charge in [0, 0.05) is 10.0 Å². The molecule has 0 unspecified atom stereocenters. The molecule has 2 aromatic carbocycles. The molecule has 0 spiro atoms. The van der Waals surface area contributed by atoms with Gasteiger partial charge in [0.05, 0.1) is 15.8 Å². The van der Waals surface area contributed by atoms with E-state index in [-0.39, 0.29) is 10.6 Å². The standard InChI is InChI=1S/C14H7Cl2FN2OS/c15-7-1-3-9(10(17)5-7)13(20)19-14-18-11-4-2-8(16)6-12(11)21-14/h1-6H,(H,18,19,20). The first-order valence-electron chi connectivity index (χ1n) is 5.85. The molecule has 3 aromatic rings. The van der Waals surface area contributed by atoms with Crippen molar-refractivity contribution in [2.75, 3.05) is 5.32 Å². The van der Waals surface area contributed by atoms with Crippen molar-refractivity contribution in [3.8, 4) is 0 Å². The number of fused-ring (bicyclic) bond motifs is 1. The van der Waals surface area contributed by atoms with E-state index in [1.165, 1.54) is 23.5 Å². The predicted octanol–water partition coefficient (Wildman–Crippen LogP) is 4.99. The number of halogens is 3. The second-order valence-corrected chi connectivity index (χ2v) is 6.11. The number of nitrogens with zero attached hydrogens (tertiary/aromatic N) is 1. The van der Waals surface area contributed by atoms with E-state index in [4.69, 9.17) is 23.2 Å². The van der Waals surface area contributed by atoms with Gasteiger partial charge in [-0.3, -0.25) is 10.1 Å². The van der Waals surface area contributed by atoms with E-state index < -0.39 is 11.7 Å². The number of carbonyl (C=O) groups excluding carboxylic acids is 1. The van der Waals surface area contributed by atoms with E-state index in [1.54, 1.807) is 18.2 Å². The third kappa shape index (κ3) is 3.00. The number of benzene rings is 2. The van der Waals surface area contributed by atoms with Crippen LogP contribution >= 0.6 is 34.5 Å². The number of nitrogens with one attached hydrogen (secondary N) is 1. The summed E-state index contributed by atoms with van der Waals surface area (Å²) in [6.07, 6.45) is 0. The third-order valence-electron chi connectivity index (χ3n) is 2.75. The van der Waals surface area contributed by atoms with Gasteiger partial charge in [0.15, 0.2) is 5.13 Å². The van der Waals surface area contributed by atoms with Crippen LogP contribution in [0.4, 0.5) is 9.52 Å². The molecule has 7 heteroatoms. The van der Waals surface area contributed by atoms with E-state index in [0.29, 0.717) is 10.2 Å². The minimum atomic E-state index is -0.677. The molecule has 1 aromatic heterocycles. The summed E-state index contributed by atoms with van der Waals surface area (Å²) < 4.78 is 14.5. The minimum absolute atomic E-state index is 0.0864. The Kier molecular flexibility index (Phi) is 3.80. The Hall–Kier alpha value is -1.69. The quantitative estimate of drug-likeness (QED) is 0.713. The molecule has 0 bridgehead atoms. The minimum Gasteiger partial charge on any atom is -0.298 e. The van der Waals surface area contributed by atoms with Crippen LogP contribution in [0.1, 0.15) is 10.4 Å². The Morgan fingerprint density at radius 1 is 1.14 bits per heavy atom. The zero-order valence-electron chi connectivity index (χ0n) is 10.4. The topological polar surface area (TPSA) is 42.0 Å². The fraction of sp³-hybridized carbons (Fsp3) is 0. The van der Waals surface area contributed by atoms with Crippen LogP contribution in [-0.2, 0) is 0 Å². The average Bonchev–Trinajstić information content (AvgIpc) is 2.79. The summed E-state index contributed by atoms with van der Waals surface area (Å²) in [6, 6.07) is 9.11. The van der Waals surface area contributed by atoms with Gasteiger partial charge in [0.25, 0.3) is 5.91 Å². The van der Waals surface area contributed by atoms with Crippen molar-refractivity contribution >= 4 is 55.8 Å². The number of rotatable bonds is 2. The van der Waals surface area contributed by atoms with Crippen LogP contribution in [-0.4, -0.2) is 10.9 Å².